The quantitative estimate of drug-likeness (QED) is 0.532. The zero-order valence-corrected chi connectivity index (χ0v) is 12.4. The number of benzene rings is 2. The molecule has 0 aliphatic heterocycles. The fraction of sp³-hybridized carbons (Fsp3) is 0.0588. The molecule has 2 heterocycles. The van der Waals surface area contributed by atoms with E-state index in [1.807, 2.05) is 42.1 Å². The molecule has 0 saturated carbocycles. The number of carbonyl (C=O) groups excluding carboxylic acids is 1. The molecule has 4 aromatic rings. The van der Waals surface area contributed by atoms with E-state index in [0.717, 1.165) is 10.9 Å². The van der Waals surface area contributed by atoms with Crippen molar-refractivity contribution in [3.05, 3.63) is 64.7 Å². The third-order valence-corrected chi connectivity index (χ3v) is 3.92. The summed E-state index contributed by atoms with van der Waals surface area (Å²) in [7, 11) is 1.91. The molecule has 2 aromatic heterocycles. The molecule has 0 aliphatic rings. The first-order valence-corrected chi connectivity index (χ1v) is 7.19. The number of para-hydroxylation sites is 1. The van der Waals surface area contributed by atoms with Gasteiger partial charge < -0.3 is 19.9 Å². The molecule has 0 unspecified atom stereocenters. The summed E-state index contributed by atoms with van der Waals surface area (Å²) in [5.74, 6) is -0.181. The zero-order chi connectivity index (χ0) is 16.0. The van der Waals surface area contributed by atoms with Crippen LogP contribution in [-0.2, 0) is 7.05 Å². The number of imidazole rings is 1. The molecule has 6 nitrogen and oxygen atoms in total. The number of carbonyl (C=O) groups is 1. The Morgan fingerprint density at radius 1 is 1.09 bits per heavy atom. The van der Waals surface area contributed by atoms with E-state index >= 15 is 0 Å². The van der Waals surface area contributed by atoms with E-state index in [9.17, 15) is 9.59 Å². The lowest BCUT2D eigenvalue weighted by molar-refractivity contribution is 0.102. The van der Waals surface area contributed by atoms with Crippen LogP contribution in [0.3, 0.4) is 0 Å². The number of anilines is 1. The SMILES string of the molecule is Cn1cc(C(=O)Nc2ccc3[nH]c(=O)[nH]c3c2)c2ccccc21. The molecule has 0 spiro atoms. The van der Waals surface area contributed by atoms with Crippen LogP contribution < -0.4 is 11.0 Å². The van der Waals surface area contributed by atoms with E-state index in [4.69, 9.17) is 0 Å². The molecule has 0 radical (unpaired) electrons. The molecule has 4 rings (SSSR count). The van der Waals surface area contributed by atoms with Gasteiger partial charge in [-0.05, 0) is 24.3 Å². The van der Waals surface area contributed by atoms with E-state index in [1.165, 1.54) is 0 Å². The number of aryl methyl sites for hydroxylation is 1. The standard InChI is InChI=1S/C17H14N4O2/c1-21-9-12(11-4-2-3-5-15(11)21)16(22)18-10-6-7-13-14(8-10)20-17(23)19-13/h2-9H,1H3,(H,18,22)(H2,19,20,23). The van der Waals surface area contributed by atoms with Crippen molar-refractivity contribution in [2.24, 2.45) is 7.05 Å². The highest BCUT2D eigenvalue weighted by atomic mass is 16.2. The van der Waals surface area contributed by atoms with Crippen LogP contribution in [-0.4, -0.2) is 20.4 Å². The Kier molecular flexibility index (Phi) is 2.84. The number of aromatic nitrogens is 3. The van der Waals surface area contributed by atoms with Crippen LogP contribution in [0.2, 0.25) is 0 Å². The zero-order valence-electron chi connectivity index (χ0n) is 12.4. The largest absolute Gasteiger partial charge is 0.350 e. The van der Waals surface area contributed by atoms with Crippen molar-refractivity contribution >= 4 is 33.5 Å². The molecule has 2 aromatic carbocycles. The number of nitrogens with zero attached hydrogens (tertiary/aromatic N) is 1. The summed E-state index contributed by atoms with van der Waals surface area (Å²) in [6, 6.07) is 13.0. The van der Waals surface area contributed by atoms with Crippen molar-refractivity contribution in [1.29, 1.82) is 0 Å². The Bertz CT molecular complexity index is 1100. The van der Waals surface area contributed by atoms with Crippen LogP contribution in [0, 0.1) is 0 Å². The van der Waals surface area contributed by atoms with Crippen molar-refractivity contribution in [1.82, 2.24) is 14.5 Å². The molecule has 1 amide bonds. The van der Waals surface area contributed by atoms with E-state index in [2.05, 4.69) is 15.3 Å². The topological polar surface area (TPSA) is 82.7 Å². The second-order valence-corrected chi connectivity index (χ2v) is 5.46. The molecular formula is C17H14N4O2. The van der Waals surface area contributed by atoms with Crippen molar-refractivity contribution in [2.75, 3.05) is 5.32 Å². The van der Waals surface area contributed by atoms with Crippen LogP contribution in [0.1, 0.15) is 10.4 Å². The third kappa shape index (κ3) is 2.20. The Morgan fingerprint density at radius 2 is 1.87 bits per heavy atom. The second-order valence-electron chi connectivity index (χ2n) is 5.46. The molecule has 23 heavy (non-hydrogen) atoms. The van der Waals surface area contributed by atoms with Gasteiger partial charge in [0.05, 0.1) is 16.6 Å². The van der Waals surface area contributed by atoms with Gasteiger partial charge >= 0.3 is 5.69 Å². The molecule has 0 bridgehead atoms. The average molecular weight is 306 g/mol. The lowest BCUT2D eigenvalue weighted by Crippen LogP contribution is -2.11. The normalized spacial score (nSPS) is 11.2. The van der Waals surface area contributed by atoms with Crippen LogP contribution in [0.4, 0.5) is 5.69 Å². The van der Waals surface area contributed by atoms with Crippen molar-refractivity contribution in [3.8, 4) is 0 Å². The lowest BCUT2D eigenvalue weighted by atomic mass is 10.1. The minimum absolute atomic E-state index is 0.181. The summed E-state index contributed by atoms with van der Waals surface area (Å²) >= 11 is 0. The van der Waals surface area contributed by atoms with E-state index in [-0.39, 0.29) is 11.6 Å². The maximum atomic E-state index is 12.6. The number of amides is 1. The van der Waals surface area contributed by atoms with Gasteiger partial charge in [-0.2, -0.15) is 0 Å². The van der Waals surface area contributed by atoms with Crippen molar-refractivity contribution in [3.63, 3.8) is 0 Å². The van der Waals surface area contributed by atoms with E-state index in [0.29, 0.717) is 22.3 Å². The average Bonchev–Trinajstić information content (AvgIpc) is 3.07. The minimum Gasteiger partial charge on any atom is -0.350 e. The molecule has 3 N–H and O–H groups in total. The summed E-state index contributed by atoms with van der Waals surface area (Å²) in [6.07, 6.45) is 1.82. The minimum atomic E-state index is -0.266. The number of hydrogen-bond acceptors (Lipinski definition) is 2. The predicted octanol–water partition coefficient (Wildman–Crippen LogP) is 2.60. The maximum absolute atomic E-state index is 12.6. The van der Waals surface area contributed by atoms with Crippen molar-refractivity contribution in [2.45, 2.75) is 0 Å². The van der Waals surface area contributed by atoms with Crippen LogP contribution in [0.25, 0.3) is 21.9 Å². The molecule has 0 saturated heterocycles. The molecule has 0 atom stereocenters. The highest BCUT2D eigenvalue weighted by Gasteiger charge is 2.14. The lowest BCUT2D eigenvalue weighted by Gasteiger charge is -2.04. The van der Waals surface area contributed by atoms with Crippen LogP contribution in [0.5, 0.6) is 0 Å². The van der Waals surface area contributed by atoms with E-state index < -0.39 is 0 Å². The van der Waals surface area contributed by atoms with Crippen LogP contribution >= 0.6 is 0 Å². The van der Waals surface area contributed by atoms with Crippen LogP contribution in [0.15, 0.2) is 53.5 Å². The van der Waals surface area contributed by atoms with Gasteiger partial charge in [0.15, 0.2) is 0 Å². The highest BCUT2D eigenvalue weighted by molar-refractivity contribution is 6.13. The molecule has 114 valence electrons. The summed E-state index contributed by atoms with van der Waals surface area (Å²) in [4.78, 5) is 29.2. The van der Waals surface area contributed by atoms with Crippen molar-refractivity contribution < 1.29 is 4.79 Å². The summed E-state index contributed by atoms with van der Waals surface area (Å²) in [5.41, 5.74) is 3.35. The fourth-order valence-electron chi connectivity index (χ4n) is 2.83. The number of hydrogen-bond donors (Lipinski definition) is 3. The number of aromatic amines is 2. The molecular weight excluding hydrogens is 292 g/mol. The predicted molar refractivity (Wildman–Crippen MR) is 89.8 cm³/mol. The van der Waals surface area contributed by atoms with Gasteiger partial charge in [-0.15, -0.1) is 0 Å². The summed E-state index contributed by atoms with van der Waals surface area (Å²) in [6.45, 7) is 0. The first-order valence-electron chi connectivity index (χ1n) is 7.19. The van der Waals surface area contributed by atoms with Gasteiger partial charge in [-0.25, -0.2) is 4.79 Å². The van der Waals surface area contributed by atoms with Gasteiger partial charge in [0.1, 0.15) is 0 Å². The fourth-order valence-corrected chi connectivity index (χ4v) is 2.83. The number of H-pyrrole nitrogens is 2. The molecule has 6 heteroatoms. The summed E-state index contributed by atoms with van der Waals surface area (Å²) in [5, 5.41) is 3.78. The van der Waals surface area contributed by atoms with Gasteiger partial charge in [0.2, 0.25) is 0 Å². The number of fused-ring (bicyclic) bond motifs is 2. The summed E-state index contributed by atoms with van der Waals surface area (Å²) < 4.78 is 1.93. The second kappa shape index (κ2) is 4.88. The maximum Gasteiger partial charge on any atom is 0.323 e. The molecule has 0 aliphatic carbocycles. The van der Waals surface area contributed by atoms with Gasteiger partial charge in [-0.3, -0.25) is 4.79 Å². The first kappa shape index (κ1) is 13.4. The smallest absolute Gasteiger partial charge is 0.323 e. The Balaban J connectivity index is 1.71. The Morgan fingerprint density at radius 3 is 2.74 bits per heavy atom. The Hall–Kier alpha value is -3.28. The third-order valence-electron chi connectivity index (χ3n) is 3.92. The Labute approximate surface area is 130 Å². The molecule has 0 fully saturated rings. The number of nitrogens with one attached hydrogen (secondary N) is 3. The monoisotopic (exact) mass is 306 g/mol. The van der Waals surface area contributed by atoms with Gasteiger partial charge in [-0.1, -0.05) is 18.2 Å². The van der Waals surface area contributed by atoms with Gasteiger partial charge in [0, 0.05) is 29.8 Å². The highest BCUT2D eigenvalue weighted by Crippen LogP contribution is 2.22. The van der Waals surface area contributed by atoms with Gasteiger partial charge in [0.25, 0.3) is 5.91 Å². The van der Waals surface area contributed by atoms with E-state index in [1.54, 1.807) is 18.2 Å². The first-order chi connectivity index (χ1) is 11.1. The number of rotatable bonds is 2.